The van der Waals surface area contributed by atoms with E-state index in [1.54, 1.807) is 0 Å². The maximum atomic E-state index is 11.7. The van der Waals surface area contributed by atoms with Gasteiger partial charge in [-0.3, -0.25) is 0 Å². The van der Waals surface area contributed by atoms with Gasteiger partial charge in [0.25, 0.3) is 0 Å². The van der Waals surface area contributed by atoms with Crippen LogP contribution in [0.1, 0.15) is 40.0 Å². The van der Waals surface area contributed by atoms with E-state index in [-0.39, 0.29) is 11.5 Å². The molecular formula is C16H28N2O3. The Labute approximate surface area is 127 Å². The zero-order valence-corrected chi connectivity index (χ0v) is 13.4. The van der Waals surface area contributed by atoms with Crippen molar-refractivity contribution in [1.29, 1.82) is 0 Å². The molecular weight excluding hydrogens is 268 g/mol. The topological polar surface area (TPSA) is 50.8 Å². The number of nitrogens with zero attached hydrogens (tertiary/aromatic N) is 1. The zero-order valence-electron chi connectivity index (χ0n) is 13.4. The van der Waals surface area contributed by atoms with Crippen molar-refractivity contribution in [3.05, 3.63) is 0 Å². The van der Waals surface area contributed by atoms with Crippen LogP contribution in [0.15, 0.2) is 0 Å². The van der Waals surface area contributed by atoms with Crippen molar-refractivity contribution >= 4 is 6.09 Å². The highest BCUT2D eigenvalue weighted by Gasteiger charge is 2.59. The van der Waals surface area contributed by atoms with Gasteiger partial charge in [0.05, 0.1) is 12.7 Å². The van der Waals surface area contributed by atoms with Crippen LogP contribution in [-0.2, 0) is 9.47 Å². The molecule has 3 rings (SSSR count). The predicted molar refractivity (Wildman–Crippen MR) is 80.2 cm³/mol. The first-order valence-corrected chi connectivity index (χ1v) is 8.33. The molecule has 2 aliphatic heterocycles. The van der Waals surface area contributed by atoms with Crippen molar-refractivity contribution in [2.75, 3.05) is 26.3 Å². The van der Waals surface area contributed by atoms with Gasteiger partial charge < -0.3 is 19.7 Å². The highest BCUT2D eigenvalue weighted by atomic mass is 16.6. The van der Waals surface area contributed by atoms with Crippen LogP contribution in [0.25, 0.3) is 0 Å². The Morgan fingerprint density at radius 2 is 2.05 bits per heavy atom. The fraction of sp³-hybridized carbons (Fsp3) is 0.938. The molecule has 3 atom stereocenters. The lowest BCUT2D eigenvalue weighted by atomic mass is 9.57. The SMILES string of the molecule is CCOC(=O)N1CCC(NC2C3CCOC3C2(C)C)CC1. The molecule has 0 aromatic rings. The van der Waals surface area contributed by atoms with Gasteiger partial charge in [0.15, 0.2) is 0 Å². The Kier molecular flexibility index (Phi) is 4.14. The molecule has 3 unspecified atom stereocenters. The third-order valence-corrected chi connectivity index (χ3v) is 5.54. The van der Waals surface area contributed by atoms with Gasteiger partial charge in [-0.05, 0) is 26.2 Å². The Bertz CT molecular complexity index is 391. The summed E-state index contributed by atoms with van der Waals surface area (Å²) in [6, 6.07) is 1.07. The van der Waals surface area contributed by atoms with E-state index in [4.69, 9.17) is 9.47 Å². The summed E-state index contributed by atoms with van der Waals surface area (Å²) >= 11 is 0. The van der Waals surface area contributed by atoms with Crippen molar-refractivity contribution in [2.24, 2.45) is 11.3 Å². The molecule has 3 fully saturated rings. The number of hydrogen-bond donors (Lipinski definition) is 1. The fourth-order valence-electron chi connectivity index (χ4n) is 4.36. The molecule has 1 aliphatic carbocycles. The number of piperidine rings is 1. The van der Waals surface area contributed by atoms with Gasteiger partial charge in [0, 0.05) is 43.1 Å². The van der Waals surface area contributed by atoms with Gasteiger partial charge in [-0.15, -0.1) is 0 Å². The van der Waals surface area contributed by atoms with E-state index in [2.05, 4.69) is 19.2 Å². The third-order valence-electron chi connectivity index (χ3n) is 5.54. The fourth-order valence-corrected chi connectivity index (χ4v) is 4.36. The Morgan fingerprint density at radius 1 is 1.33 bits per heavy atom. The van der Waals surface area contributed by atoms with Crippen molar-refractivity contribution < 1.29 is 14.3 Å². The number of carbonyl (C=O) groups excluding carboxylic acids is 1. The molecule has 0 bridgehead atoms. The third kappa shape index (κ3) is 2.66. The van der Waals surface area contributed by atoms with Crippen molar-refractivity contribution in [2.45, 2.75) is 58.2 Å². The minimum atomic E-state index is -0.163. The maximum absolute atomic E-state index is 11.7. The lowest BCUT2D eigenvalue weighted by Crippen LogP contribution is -2.68. The molecule has 2 heterocycles. The summed E-state index contributed by atoms with van der Waals surface area (Å²) in [4.78, 5) is 13.5. The number of rotatable bonds is 3. The minimum Gasteiger partial charge on any atom is -0.450 e. The zero-order chi connectivity index (χ0) is 15.0. The summed E-state index contributed by atoms with van der Waals surface area (Å²) in [7, 11) is 0. The quantitative estimate of drug-likeness (QED) is 0.865. The van der Waals surface area contributed by atoms with Gasteiger partial charge in [-0.25, -0.2) is 4.79 Å². The van der Waals surface area contributed by atoms with Crippen LogP contribution in [0.5, 0.6) is 0 Å². The van der Waals surface area contributed by atoms with Crippen LogP contribution in [0.4, 0.5) is 4.79 Å². The van der Waals surface area contributed by atoms with Crippen LogP contribution in [0.2, 0.25) is 0 Å². The van der Waals surface area contributed by atoms with E-state index in [9.17, 15) is 4.79 Å². The number of amides is 1. The van der Waals surface area contributed by atoms with Crippen LogP contribution < -0.4 is 5.32 Å². The van der Waals surface area contributed by atoms with E-state index in [0.717, 1.165) is 32.5 Å². The average molecular weight is 296 g/mol. The first-order chi connectivity index (χ1) is 10.0. The highest BCUT2D eigenvalue weighted by Crippen LogP contribution is 2.52. The Hall–Kier alpha value is -0.810. The predicted octanol–water partition coefficient (Wildman–Crippen LogP) is 2.01. The first kappa shape index (κ1) is 15.1. The van der Waals surface area contributed by atoms with Crippen LogP contribution in [0, 0.1) is 11.3 Å². The second-order valence-corrected chi connectivity index (χ2v) is 7.17. The molecule has 0 radical (unpaired) electrons. The van der Waals surface area contributed by atoms with Gasteiger partial charge in [0.2, 0.25) is 0 Å². The second-order valence-electron chi connectivity index (χ2n) is 7.17. The Balaban J connectivity index is 1.49. The van der Waals surface area contributed by atoms with Gasteiger partial charge in [-0.1, -0.05) is 13.8 Å². The number of fused-ring (bicyclic) bond motifs is 1. The molecule has 21 heavy (non-hydrogen) atoms. The molecule has 0 aromatic heterocycles. The highest BCUT2D eigenvalue weighted by molar-refractivity contribution is 5.67. The molecule has 5 heteroatoms. The molecule has 1 amide bonds. The Morgan fingerprint density at radius 3 is 2.71 bits per heavy atom. The van der Waals surface area contributed by atoms with Gasteiger partial charge in [-0.2, -0.15) is 0 Å². The summed E-state index contributed by atoms with van der Waals surface area (Å²) in [5, 5.41) is 3.85. The number of nitrogens with one attached hydrogen (secondary N) is 1. The number of ether oxygens (including phenoxy) is 2. The largest absolute Gasteiger partial charge is 0.450 e. The van der Waals surface area contributed by atoms with Crippen molar-refractivity contribution in [1.82, 2.24) is 10.2 Å². The summed E-state index contributed by atoms with van der Waals surface area (Å²) in [6.07, 6.45) is 3.50. The number of likely N-dealkylation sites (tertiary alicyclic amines) is 1. The molecule has 2 saturated heterocycles. The van der Waals surface area contributed by atoms with Crippen molar-refractivity contribution in [3.63, 3.8) is 0 Å². The van der Waals surface area contributed by atoms with E-state index < -0.39 is 0 Å². The summed E-state index contributed by atoms with van der Waals surface area (Å²) in [6.45, 7) is 9.44. The molecule has 5 nitrogen and oxygen atoms in total. The molecule has 1 saturated carbocycles. The maximum Gasteiger partial charge on any atom is 0.409 e. The van der Waals surface area contributed by atoms with Gasteiger partial charge in [0.1, 0.15) is 0 Å². The smallest absolute Gasteiger partial charge is 0.409 e. The van der Waals surface area contributed by atoms with Gasteiger partial charge >= 0.3 is 6.09 Å². The van der Waals surface area contributed by atoms with E-state index in [1.165, 1.54) is 6.42 Å². The van der Waals surface area contributed by atoms with Crippen LogP contribution in [0.3, 0.4) is 0 Å². The second kappa shape index (κ2) is 5.76. The van der Waals surface area contributed by atoms with Crippen LogP contribution >= 0.6 is 0 Å². The first-order valence-electron chi connectivity index (χ1n) is 8.33. The summed E-state index contributed by atoms with van der Waals surface area (Å²) in [5.74, 6) is 0.683. The average Bonchev–Trinajstić information content (AvgIpc) is 2.92. The molecule has 0 spiro atoms. The standard InChI is InChI=1S/C16H28N2O3/c1-4-20-15(19)18-8-5-11(6-9-18)17-13-12-7-10-21-14(12)16(13,2)3/h11-14,17H,4-10H2,1-3H3. The monoisotopic (exact) mass is 296 g/mol. The lowest BCUT2D eigenvalue weighted by molar-refractivity contribution is -0.116. The summed E-state index contributed by atoms with van der Waals surface area (Å²) in [5.41, 5.74) is 0.236. The van der Waals surface area contributed by atoms with E-state index in [1.807, 2.05) is 11.8 Å². The lowest BCUT2D eigenvalue weighted by Gasteiger charge is -2.56. The van der Waals surface area contributed by atoms with E-state index >= 15 is 0 Å². The number of carbonyl (C=O) groups is 1. The summed E-state index contributed by atoms with van der Waals surface area (Å²) < 4.78 is 10.9. The molecule has 1 N–H and O–H groups in total. The van der Waals surface area contributed by atoms with Crippen molar-refractivity contribution in [3.8, 4) is 0 Å². The minimum absolute atomic E-state index is 0.163. The normalized spacial score (nSPS) is 35.2. The molecule has 3 aliphatic rings. The van der Waals surface area contributed by atoms with Crippen LogP contribution in [-0.4, -0.2) is 55.5 Å². The molecule has 0 aromatic carbocycles. The number of hydrogen-bond acceptors (Lipinski definition) is 4. The van der Waals surface area contributed by atoms with E-state index in [0.29, 0.717) is 30.7 Å². The molecule has 120 valence electrons.